The molecule has 5 aliphatic rings. The maximum atomic E-state index is 12.5. The zero-order chi connectivity index (χ0) is 89.7. The van der Waals surface area contributed by atoms with Crippen LogP contribution >= 0.6 is 11.6 Å². The van der Waals surface area contributed by atoms with Crippen LogP contribution in [0.3, 0.4) is 0 Å². The number of hydrogen-bond acceptors (Lipinski definition) is 27. The van der Waals surface area contributed by atoms with E-state index in [1.54, 1.807) is 73.0 Å². The van der Waals surface area contributed by atoms with E-state index in [-0.39, 0.29) is 127 Å². The van der Waals surface area contributed by atoms with Crippen molar-refractivity contribution in [2.24, 2.45) is 0 Å². The van der Waals surface area contributed by atoms with Crippen molar-refractivity contribution in [1.29, 1.82) is 0 Å². The van der Waals surface area contributed by atoms with E-state index < -0.39 is 0 Å². The normalized spacial score (nSPS) is 14.4. The van der Waals surface area contributed by atoms with Crippen LogP contribution in [0.25, 0.3) is 0 Å². The Hall–Kier alpha value is -11.8. The van der Waals surface area contributed by atoms with Crippen molar-refractivity contribution in [3.8, 4) is 11.5 Å². The minimum Gasteiger partial charge on any atom is -0.508 e. The van der Waals surface area contributed by atoms with Gasteiger partial charge in [0.25, 0.3) is 0 Å². The molecule has 0 aliphatic heterocycles. The van der Waals surface area contributed by atoms with Crippen molar-refractivity contribution in [3.05, 3.63) is 265 Å². The van der Waals surface area contributed by atoms with Crippen LogP contribution in [-0.2, 0) is 80.0 Å². The number of halogens is 1. The van der Waals surface area contributed by atoms with E-state index in [2.05, 4.69) is 37.8 Å². The number of likely N-dealkylation sites (N-methyl/N-ethyl adjacent to an activating group) is 5. The van der Waals surface area contributed by atoms with Crippen molar-refractivity contribution < 1.29 is 93.9 Å². The molecule has 0 fully saturated rings. The highest BCUT2D eigenvalue weighted by Crippen LogP contribution is 2.30. The van der Waals surface area contributed by atoms with E-state index in [1.807, 2.05) is 88.0 Å². The third kappa shape index (κ3) is 29.2. The molecule has 0 bridgehead atoms. The monoisotopic (exact) mass is 1690 g/mol. The molecule has 11 N–H and O–H groups in total. The number of phenolic OH excluding ortho intramolecular Hbond substituents is 2. The number of nitrogen functional groups attached to an aromatic ring is 1. The van der Waals surface area contributed by atoms with Gasteiger partial charge < -0.3 is 86.0 Å². The van der Waals surface area contributed by atoms with Gasteiger partial charge in [-0.2, -0.15) is 0 Å². The average molecular weight is 1700 g/mol. The van der Waals surface area contributed by atoms with Gasteiger partial charge in [0.15, 0.2) is 28.9 Å². The Bertz CT molecular complexity index is 4700. The topological polar surface area (TPSA) is 401 Å². The first kappa shape index (κ1) is 99.0. The molecule has 0 radical (unpaired) electrons. The Morgan fingerprint density at radius 2 is 0.533 bits per heavy atom. The number of rotatable bonds is 38. The smallest absolute Gasteiger partial charge is 0.202 e. The van der Waals surface area contributed by atoms with E-state index in [9.17, 15) is 58.2 Å². The number of anilines is 3. The largest absolute Gasteiger partial charge is 0.508 e. The summed E-state index contributed by atoms with van der Waals surface area (Å²) in [5, 5.41) is 82.5. The molecule has 5 aromatic rings. The fourth-order valence-corrected chi connectivity index (χ4v) is 14.0. The minimum absolute atomic E-state index is 0.00895. The van der Waals surface area contributed by atoms with Crippen LogP contribution in [0.5, 0.6) is 11.5 Å². The van der Waals surface area contributed by atoms with Crippen LogP contribution < -0.4 is 15.5 Å². The first-order valence-electron chi connectivity index (χ1n) is 40.8. The van der Waals surface area contributed by atoms with Crippen LogP contribution in [0.4, 0.5) is 17.1 Å². The van der Waals surface area contributed by atoms with Crippen LogP contribution in [0.15, 0.2) is 232 Å². The van der Waals surface area contributed by atoms with E-state index >= 15 is 0 Å². The highest BCUT2D eigenvalue weighted by molar-refractivity contribution is 6.32. The summed E-state index contributed by atoms with van der Waals surface area (Å²) < 4.78 is 0. The SMILES string of the molecule is CCN(CCO)C1=CC(=O)C(Cc2ccc(N(CC)C(C)C)cc2)=CC1=O.CCN(CCO)C1=CC(=O)C(Cc2ccc(N(CCO)CCO)cc2)=CC1=O.CCN(CCO)C1=CC(=O)C(Cc2ccc(N)cc2)=CC1=O.CCN(CCO)C1=CC(=O)C(Cc2ccc(O)c(Cl)c2)=CC1=O.CCN(CCO)C1=CC(=O)C(Cc2ccc(O)cc2)=CC1=O. The first-order chi connectivity index (χ1) is 58.5. The molecule has 5 aliphatic carbocycles. The lowest BCUT2D eigenvalue weighted by Crippen LogP contribution is -2.32. The van der Waals surface area contributed by atoms with Gasteiger partial charge in [0.05, 0.1) is 79.8 Å². The lowest BCUT2D eigenvalue weighted by molar-refractivity contribution is -0.116. The fourth-order valence-electron chi connectivity index (χ4n) is 13.8. The van der Waals surface area contributed by atoms with Crippen LogP contribution in [-0.4, -0.2) is 266 Å². The van der Waals surface area contributed by atoms with Gasteiger partial charge >= 0.3 is 0 Å². The van der Waals surface area contributed by atoms with Crippen molar-refractivity contribution in [1.82, 2.24) is 24.5 Å². The summed E-state index contributed by atoms with van der Waals surface area (Å²) in [6.45, 7) is 21.6. The van der Waals surface area contributed by atoms with Crippen LogP contribution in [0.2, 0.25) is 5.02 Å². The van der Waals surface area contributed by atoms with E-state index in [0.29, 0.717) is 172 Å². The number of benzene rings is 5. The minimum atomic E-state index is -0.250. The molecule has 0 saturated carbocycles. The predicted octanol–water partition coefficient (Wildman–Crippen LogP) is 7.20. The molecule has 0 aromatic heterocycles. The molecule has 0 atom stereocenters. The number of hydrogen-bond donors (Lipinski definition) is 10. The Labute approximate surface area is 718 Å². The number of aromatic hydroxyl groups is 2. The van der Waals surface area contributed by atoms with Gasteiger partial charge in [0.1, 0.15) is 11.5 Å². The van der Waals surface area contributed by atoms with E-state index in [1.165, 1.54) is 66.8 Å². The van der Waals surface area contributed by atoms with Gasteiger partial charge in [-0.3, -0.25) is 47.9 Å². The van der Waals surface area contributed by atoms with Crippen LogP contribution in [0.1, 0.15) is 83.2 Å². The van der Waals surface area contributed by atoms with Crippen LogP contribution in [0, 0.1) is 0 Å². The molecule has 0 spiro atoms. The number of nitrogens with two attached hydrogens (primary N) is 1. The lowest BCUT2D eigenvalue weighted by atomic mass is 9.94. The molecule has 10 rings (SSSR count). The maximum Gasteiger partial charge on any atom is 0.202 e. The van der Waals surface area contributed by atoms with Crippen molar-refractivity contribution >= 4 is 86.5 Å². The standard InChI is InChI=1S/C22H30N2O3.C21H28N2O5.C17H18ClNO4.C17H20N2O3.C17H19NO4/c1-5-23(11-12-25)20-15-21(26)18(14-22(20)27)13-17-7-9-19(10-8-17)24(6-2)16(3)4;1-2-22(7-10-24)19-15-20(27)17(14-21(19)28)13-16-3-5-18(6-4-16)23(8-11-25)9-12-26;1-2-19(5-6-20)14-10-16(22)12(9-17(14)23)7-11-3-4-15(21)13(18)8-11;1-2-19(7-8-20)15-11-16(21)13(10-17(15)22)9-12-3-5-14(18)6-4-12;1-2-18(7-8-19)15-11-16(21)13(10-17(15)22)9-12-3-5-14(20)6-4-12/h7-10,14-16,25H,5-6,11-13H2,1-4H3;3-6,14-15,24-26H,2,7-13H2,1H3;3-4,8-10,20-21H,2,5-7H2,1H3;3-6,10-11,20H,2,7-9,18H2,1H3;3-6,10-11,19-20H,2,7-9H2,1H3. The third-order valence-electron chi connectivity index (χ3n) is 20.3. The first-order valence-corrected chi connectivity index (χ1v) is 41.2. The molecule has 652 valence electrons. The zero-order valence-corrected chi connectivity index (χ0v) is 71.4. The van der Waals surface area contributed by atoms with Gasteiger partial charge in [-0.15, -0.1) is 0 Å². The molecule has 5 aromatic carbocycles. The molecule has 0 unspecified atom stereocenters. The lowest BCUT2D eigenvalue weighted by Gasteiger charge is -2.27. The molecular weight excluding hydrogens is 1580 g/mol. The Balaban J connectivity index is 0.000000237. The summed E-state index contributed by atoms with van der Waals surface area (Å²) in [6.07, 6.45) is 15.5. The number of aliphatic hydroxyl groups is 7. The number of phenols is 2. The number of carbonyl (C=O) groups excluding carboxylic acids is 10. The molecule has 0 amide bonds. The number of aliphatic hydroxyl groups excluding tert-OH is 7. The van der Waals surface area contributed by atoms with Gasteiger partial charge in [-0.25, -0.2) is 0 Å². The summed E-state index contributed by atoms with van der Waals surface area (Å²) >= 11 is 5.85. The quantitative estimate of drug-likeness (QED) is 0.0138. The van der Waals surface area contributed by atoms with E-state index in [4.69, 9.17) is 53.1 Å². The molecule has 0 heterocycles. The van der Waals surface area contributed by atoms with E-state index in [0.717, 1.165) is 45.7 Å². The van der Waals surface area contributed by atoms with Crippen molar-refractivity contribution in [3.63, 3.8) is 0 Å². The Morgan fingerprint density at radius 3 is 0.779 bits per heavy atom. The average Bonchev–Trinajstić information content (AvgIpc) is 0.836. The summed E-state index contributed by atoms with van der Waals surface area (Å²) in [6, 6.07) is 34.5. The summed E-state index contributed by atoms with van der Waals surface area (Å²) in [5.74, 6) is -1.86. The predicted molar refractivity (Wildman–Crippen MR) is 471 cm³/mol. The number of nitrogens with zero attached hydrogens (tertiary/aromatic N) is 7. The third-order valence-corrected chi connectivity index (χ3v) is 20.6. The van der Waals surface area contributed by atoms with Crippen molar-refractivity contribution in [2.45, 2.75) is 93.5 Å². The van der Waals surface area contributed by atoms with Gasteiger partial charge in [0, 0.05) is 199 Å². The Morgan fingerprint density at radius 1 is 0.295 bits per heavy atom. The van der Waals surface area contributed by atoms with Gasteiger partial charge in [-0.1, -0.05) is 66.2 Å². The summed E-state index contributed by atoms with van der Waals surface area (Å²) in [4.78, 5) is 136. The summed E-state index contributed by atoms with van der Waals surface area (Å²) in [5.41, 5.74) is 16.6. The molecule has 122 heavy (non-hydrogen) atoms. The number of ketones is 10. The fraction of sp³-hybridized carbons (Fsp3) is 0.362. The zero-order valence-electron chi connectivity index (χ0n) is 70.7. The maximum absolute atomic E-state index is 12.5. The highest BCUT2D eigenvalue weighted by Gasteiger charge is 2.30. The Kier molecular flexibility index (Phi) is 41.0. The van der Waals surface area contributed by atoms with Gasteiger partial charge in [-0.05, 0) is 174 Å². The van der Waals surface area contributed by atoms with Gasteiger partial charge in [0.2, 0.25) is 28.9 Å². The summed E-state index contributed by atoms with van der Waals surface area (Å²) in [7, 11) is 0. The second-order valence-corrected chi connectivity index (χ2v) is 29.3. The second kappa shape index (κ2) is 50.4. The molecule has 28 heteroatoms. The number of allylic oxidation sites excluding steroid dienone is 15. The second-order valence-electron chi connectivity index (χ2n) is 28.9. The molecule has 27 nitrogen and oxygen atoms in total. The number of carbonyl (C=O) groups is 10. The van der Waals surface area contributed by atoms with Crippen molar-refractivity contribution in [2.75, 3.05) is 147 Å². The molecule has 0 saturated heterocycles. The molecular formula is C94H115ClN8O19. The highest BCUT2D eigenvalue weighted by atomic mass is 35.5.